The highest BCUT2D eigenvalue weighted by molar-refractivity contribution is 8.00. The Balaban J connectivity index is 2.25. The van der Waals surface area contributed by atoms with Crippen LogP contribution in [0.5, 0.6) is 0 Å². The Labute approximate surface area is 117 Å². The van der Waals surface area contributed by atoms with Crippen molar-refractivity contribution in [1.82, 2.24) is 4.90 Å². The maximum absolute atomic E-state index is 12.8. The predicted octanol–water partition coefficient (Wildman–Crippen LogP) is 1.13. The highest BCUT2D eigenvalue weighted by Gasteiger charge is 2.52. The van der Waals surface area contributed by atoms with Crippen molar-refractivity contribution >= 4 is 23.6 Å². The van der Waals surface area contributed by atoms with E-state index in [9.17, 15) is 14.7 Å². The first-order valence-corrected chi connectivity index (χ1v) is 7.85. The number of aliphatic carboxylic acids is 1. The number of thioether (sulfide) groups is 1. The van der Waals surface area contributed by atoms with Gasteiger partial charge in [0, 0.05) is 12.3 Å². The molecule has 0 radical (unpaired) electrons. The van der Waals surface area contributed by atoms with Crippen LogP contribution in [0.1, 0.15) is 33.1 Å². The van der Waals surface area contributed by atoms with E-state index < -0.39 is 17.4 Å². The van der Waals surface area contributed by atoms with Crippen LogP contribution in [0.3, 0.4) is 0 Å². The standard InChI is InChI=1S/C13H22N2O3S/c1-8(2)10-15(9(6-19-10)11(16)17)12(18)13(7-14)4-3-5-13/h8-10H,3-7,14H2,1-2H3,(H,16,17). The summed E-state index contributed by atoms with van der Waals surface area (Å²) < 4.78 is 0. The highest BCUT2D eigenvalue weighted by Crippen LogP contribution is 2.45. The molecular weight excluding hydrogens is 264 g/mol. The van der Waals surface area contributed by atoms with Crippen LogP contribution in [0, 0.1) is 11.3 Å². The van der Waals surface area contributed by atoms with E-state index in [4.69, 9.17) is 5.73 Å². The molecule has 108 valence electrons. The van der Waals surface area contributed by atoms with Crippen LogP contribution in [0.15, 0.2) is 0 Å². The number of amides is 1. The van der Waals surface area contributed by atoms with Gasteiger partial charge in [-0.2, -0.15) is 0 Å². The highest BCUT2D eigenvalue weighted by atomic mass is 32.2. The third kappa shape index (κ3) is 2.36. The fourth-order valence-electron chi connectivity index (χ4n) is 2.87. The molecular formula is C13H22N2O3S. The van der Waals surface area contributed by atoms with E-state index in [0.29, 0.717) is 12.3 Å². The minimum atomic E-state index is -0.907. The predicted molar refractivity (Wildman–Crippen MR) is 74.7 cm³/mol. The van der Waals surface area contributed by atoms with Gasteiger partial charge in [-0.05, 0) is 18.8 Å². The first-order valence-electron chi connectivity index (χ1n) is 6.80. The minimum absolute atomic E-state index is 0.0439. The van der Waals surface area contributed by atoms with Crippen LogP contribution in [-0.4, -0.2) is 45.6 Å². The molecule has 3 N–H and O–H groups in total. The molecule has 1 amide bonds. The van der Waals surface area contributed by atoms with Crippen LogP contribution in [0.2, 0.25) is 0 Å². The fraction of sp³-hybridized carbons (Fsp3) is 0.846. The third-order valence-electron chi connectivity index (χ3n) is 4.28. The molecule has 0 aromatic rings. The second kappa shape index (κ2) is 5.32. The molecule has 0 aromatic carbocycles. The van der Waals surface area contributed by atoms with Crippen LogP contribution in [0.25, 0.3) is 0 Å². The summed E-state index contributed by atoms with van der Waals surface area (Å²) in [6, 6.07) is -0.700. The molecule has 2 rings (SSSR count). The molecule has 1 heterocycles. The molecule has 2 atom stereocenters. The Hall–Kier alpha value is -0.750. The molecule has 2 unspecified atom stereocenters. The second-order valence-electron chi connectivity index (χ2n) is 5.87. The van der Waals surface area contributed by atoms with E-state index in [1.165, 1.54) is 0 Å². The number of nitrogens with two attached hydrogens (primary N) is 1. The van der Waals surface area contributed by atoms with Gasteiger partial charge in [-0.3, -0.25) is 4.79 Å². The van der Waals surface area contributed by atoms with Gasteiger partial charge >= 0.3 is 5.97 Å². The largest absolute Gasteiger partial charge is 0.480 e. The van der Waals surface area contributed by atoms with Gasteiger partial charge < -0.3 is 15.7 Å². The molecule has 1 saturated carbocycles. The van der Waals surface area contributed by atoms with Crippen molar-refractivity contribution in [3.8, 4) is 0 Å². The van der Waals surface area contributed by atoms with Crippen molar-refractivity contribution in [2.75, 3.05) is 12.3 Å². The summed E-state index contributed by atoms with van der Waals surface area (Å²) in [5, 5.41) is 9.28. The summed E-state index contributed by atoms with van der Waals surface area (Å²) in [5.41, 5.74) is 5.28. The zero-order valence-corrected chi connectivity index (χ0v) is 12.3. The monoisotopic (exact) mass is 286 g/mol. The van der Waals surface area contributed by atoms with Crippen molar-refractivity contribution in [2.24, 2.45) is 17.1 Å². The molecule has 1 aliphatic heterocycles. The van der Waals surface area contributed by atoms with Crippen LogP contribution < -0.4 is 5.73 Å². The van der Waals surface area contributed by atoms with Gasteiger partial charge in [0.1, 0.15) is 6.04 Å². The zero-order valence-electron chi connectivity index (χ0n) is 11.5. The van der Waals surface area contributed by atoms with E-state index in [-0.39, 0.29) is 17.2 Å². The number of carbonyl (C=O) groups is 2. The average molecular weight is 286 g/mol. The first-order chi connectivity index (χ1) is 8.93. The molecule has 1 saturated heterocycles. The van der Waals surface area contributed by atoms with Crippen LogP contribution >= 0.6 is 11.8 Å². The Morgan fingerprint density at radius 2 is 2.11 bits per heavy atom. The summed E-state index contributed by atoms with van der Waals surface area (Å²) in [5.74, 6) is -0.231. The molecule has 0 spiro atoms. The number of carboxylic acids is 1. The van der Waals surface area contributed by atoms with E-state index in [0.717, 1.165) is 19.3 Å². The topological polar surface area (TPSA) is 83.6 Å². The average Bonchev–Trinajstić information content (AvgIpc) is 2.72. The Morgan fingerprint density at radius 1 is 1.47 bits per heavy atom. The number of carbonyl (C=O) groups excluding carboxylic acids is 1. The van der Waals surface area contributed by atoms with Crippen LogP contribution in [-0.2, 0) is 9.59 Å². The van der Waals surface area contributed by atoms with Gasteiger partial charge in [-0.25, -0.2) is 4.79 Å². The van der Waals surface area contributed by atoms with Crippen LogP contribution in [0.4, 0.5) is 0 Å². The third-order valence-corrected chi connectivity index (χ3v) is 5.90. The number of rotatable bonds is 4. The second-order valence-corrected chi connectivity index (χ2v) is 7.02. The molecule has 0 aromatic heterocycles. The number of hydrogen-bond acceptors (Lipinski definition) is 4. The Kier molecular flexibility index (Phi) is 4.11. The molecule has 1 aliphatic carbocycles. The van der Waals surface area contributed by atoms with Crippen molar-refractivity contribution in [1.29, 1.82) is 0 Å². The van der Waals surface area contributed by atoms with Gasteiger partial charge in [0.15, 0.2) is 0 Å². The van der Waals surface area contributed by atoms with Crippen molar-refractivity contribution in [3.05, 3.63) is 0 Å². The van der Waals surface area contributed by atoms with Crippen molar-refractivity contribution in [3.63, 3.8) is 0 Å². The van der Waals surface area contributed by atoms with Gasteiger partial charge in [-0.1, -0.05) is 20.3 Å². The molecule has 2 fully saturated rings. The Morgan fingerprint density at radius 3 is 2.47 bits per heavy atom. The fourth-order valence-corrected chi connectivity index (χ4v) is 4.34. The van der Waals surface area contributed by atoms with Gasteiger partial charge in [0.25, 0.3) is 0 Å². The maximum Gasteiger partial charge on any atom is 0.327 e. The number of nitrogens with zero attached hydrogens (tertiary/aromatic N) is 1. The number of carboxylic acid groups (broad SMARTS) is 1. The van der Waals surface area contributed by atoms with E-state index in [2.05, 4.69) is 0 Å². The van der Waals surface area contributed by atoms with E-state index in [1.54, 1.807) is 16.7 Å². The zero-order chi connectivity index (χ0) is 14.2. The summed E-state index contributed by atoms with van der Waals surface area (Å²) in [6.07, 6.45) is 2.59. The summed E-state index contributed by atoms with van der Waals surface area (Å²) >= 11 is 1.57. The van der Waals surface area contributed by atoms with Gasteiger partial charge in [0.05, 0.1) is 10.8 Å². The SMILES string of the molecule is CC(C)C1SCC(C(=O)O)N1C(=O)C1(CN)CCC1. The quantitative estimate of drug-likeness (QED) is 0.809. The first kappa shape index (κ1) is 14.7. The van der Waals surface area contributed by atoms with E-state index >= 15 is 0 Å². The lowest BCUT2D eigenvalue weighted by Gasteiger charge is -2.44. The molecule has 19 heavy (non-hydrogen) atoms. The van der Waals surface area contributed by atoms with Crippen molar-refractivity contribution in [2.45, 2.75) is 44.5 Å². The normalized spacial score (nSPS) is 29.4. The lowest BCUT2D eigenvalue weighted by atomic mass is 9.67. The lowest BCUT2D eigenvalue weighted by molar-refractivity contribution is -0.158. The minimum Gasteiger partial charge on any atom is -0.480 e. The number of hydrogen-bond donors (Lipinski definition) is 2. The van der Waals surface area contributed by atoms with Crippen molar-refractivity contribution < 1.29 is 14.7 Å². The molecule has 0 bridgehead atoms. The summed E-state index contributed by atoms with van der Waals surface area (Å²) in [6.45, 7) is 4.38. The molecule has 5 nitrogen and oxygen atoms in total. The lowest BCUT2D eigenvalue weighted by Crippen LogP contribution is -2.57. The van der Waals surface area contributed by atoms with Gasteiger partial charge in [-0.15, -0.1) is 11.8 Å². The Bertz CT molecular complexity index is 377. The van der Waals surface area contributed by atoms with Gasteiger partial charge in [0.2, 0.25) is 5.91 Å². The molecule has 2 aliphatic rings. The summed E-state index contributed by atoms with van der Waals surface area (Å²) in [4.78, 5) is 25.7. The summed E-state index contributed by atoms with van der Waals surface area (Å²) in [7, 11) is 0. The maximum atomic E-state index is 12.8. The van der Waals surface area contributed by atoms with E-state index in [1.807, 2.05) is 13.8 Å². The smallest absolute Gasteiger partial charge is 0.327 e. The molecule has 6 heteroatoms.